The van der Waals surface area contributed by atoms with E-state index in [1.807, 2.05) is 19.9 Å². The van der Waals surface area contributed by atoms with E-state index in [0.29, 0.717) is 22.6 Å². The topological polar surface area (TPSA) is 94.6 Å². The van der Waals surface area contributed by atoms with Gasteiger partial charge in [-0.3, -0.25) is 4.79 Å². The molecule has 152 valence electrons. The predicted molar refractivity (Wildman–Crippen MR) is 109 cm³/mol. The molecule has 1 aromatic heterocycles. The molecule has 8 nitrogen and oxygen atoms in total. The van der Waals surface area contributed by atoms with Gasteiger partial charge in [0.1, 0.15) is 5.75 Å². The minimum absolute atomic E-state index is 0.0172. The Hall–Kier alpha value is -3.55. The number of fused-ring (bicyclic) bond motifs is 1. The number of carbonyl (C=O) groups is 1. The number of ether oxygens (including phenoxy) is 3. The highest BCUT2D eigenvalue weighted by molar-refractivity contribution is 5.98. The van der Waals surface area contributed by atoms with Crippen molar-refractivity contribution in [3.63, 3.8) is 0 Å². The van der Waals surface area contributed by atoms with Crippen molar-refractivity contribution in [1.82, 2.24) is 4.57 Å². The number of aromatic hydroxyl groups is 1. The molecule has 8 heteroatoms. The maximum absolute atomic E-state index is 12.5. The van der Waals surface area contributed by atoms with Crippen molar-refractivity contribution in [1.29, 1.82) is 0 Å². The van der Waals surface area contributed by atoms with Crippen molar-refractivity contribution in [2.24, 2.45) is 10.2 Å². The van der Waals surface area contributed by atoms with E-state index in [4.69, 9.17) is 14.2 Å². The lowest BCUT2D eigenvalue weighted by Crippen LogP contribution is -1.99. The van der Waals surface area contributed by atoms with Crippen LogP contribution in [0.3, 0.4) is 0 Å². The lowest BCUT2D eigenvalue weighted by Gasteiger charge is -2.10. The lowest BCUT2D eigenvalue weighted by molar-refractivity contribution is 0.0994. The monoisotopic (exact) mass is 397 g/mol. The summed E-state index contributed by atoms with van der Waals surface area (Å²) in [5.41, 5.74) is 1.27. The van der Waals surface area contributed by atoms with Gasteiger partial charge in [0, 0.05) is 17.0 Å². The van der Waals surface area contributed by atoms with Crippen LogP contribution < -0.4 is 14.2 Å². The minimum Gasteiger partial charge on any atom is -0.497 e. The zero-order chi connectivity index (χ0) is 21.1. The number of methoxy groups -OCH3 is 3. The largest absolute Gasteiger partial charge is 0.497 e. The molecule has 29 heavy (non-hydrogen) atoms. The van der Waals surface area contributed by atoms with Crippen LogP contribution in [0.15, 0.2) is 46.6 Å². The highest BCUT2D eigenvalue weighted by Crippen LogP contribution is 2.42. The molecule has 0 spiro atoms. The summed E-state index contributed by atoms with van der Waals surface area (Å²) in [6.45, 7) is 3.89. The van der Waals surface area contributed by atoms with Crippen molar-refractivity contribution in [2.45, 2.75) is 19.9 Å². The lowest BCUT2D eigenvalue weighted by atomic mass is 10.2. The molecule has 1 N–H and O–H groups in total. The van der Waals surface area contributed by atoms with Crippen molar-refractivity contribution in [2.75, 3.05) is 21.3 Å². The van der Waals surface area contributed by atoms with E-state index in [1.165, 1.54) is 20.3 Å². The molecule has 2 aromatic carbocycles. The number of benzene rings is 2. The summed E-state index contributed by atoms with van der Waals surface area (Å²) in [4.78, 5) is 12.5. The average Bonchev–Trinajstić information content (AvgIpc) is 3.01. The first-order valence-electron chi connectivity index (χ1n) is 9.00. The van der Waals surface area contributed by atoms with Gasteiger partial charge in [-0.25, -0.2) is 0 Å². The number of hydrogen-bond donors (Lipinski definition) is 1. The molecular weight excluding hydrogens is 374 g/mol. The van der Waals surface area contributed by atoms with Gasteiger partial charge in [-0.1, -0.05) is 0 Å². The van der Waals surface area contributed by atoms with Gasteiger partial charge in [0.15, 0.2) is 17.2 Å². The molecule has 0 atom stereocenters. The molecule has 0 saturated heterocycles. The number of nitrogens with zero attached hydrogens (tertiary/aromatic N) is 3. The Balaban J connectivity index is 2.04. The van der Waals surface area contributed by atoms with Crippen LogP contribution in [0.25, 0.3) is 10.9 Å². The number of carbonyl (C=O) groups excluding carboxylic acids is 1. The fourth-order valence-corrected chi connectivity index (χ4v) is 3.13. The fourth-order valence-electron chi connectivity index (χ4n) is 3.13. The normalized spacial score (nSPS) is 11.4. The summed E-state index contributed by atoms with van der Waals surface area (Å²) in [6.07, 6.45) is 0. The zero-order valence-corrected chi connectivity index (χ0v) is 17.0. The van der Waals surface area contributed by atoms with Gasteiger partial charge in [0.2, 0.25) is 5.88 Å². The van der Waals surface area contributed by atoms with Gasteiger partial charge >= 0.3 is 0 Å². The quantitative estimate of drug-likeness (QED) is 0.598. The molecule has 0 aliphatic carbocycles. The standard InChI is InChI=1S/C21H23N3O5/c1-12(2)24-16-8-7-14(27-3)11-15(16)19(21(24)26)22-23-20(25)13-6-9-17(28-4)18(10-13)29-5/h6-12,26H,1-5H3. The molecule has 0 fully saturated rings. The van der Waals surface area contributed by atoms with E-state index >= 15 is 0 Å². The summed E-state index contributed by atoms with van der Waals surface area (Å²) in [7, 11) is 4.56. The van der Waals surface area contributed by atoms with Crippen LogP contribution >= 0.6 is 0 Å². The molecule has 0 saturated carbocycles. The molecule has 1 heterocycles. The maximum atomic E-state index is 12.5. The number of hydrogen-bond acceptors (Lipinski definition) is 6. The van der Waals surface area contributed by atoms with Crippen LogP contribution in [0, 0.1) is 0 Å². The first-order chi connectivity index (χ1) is 13.9. The third kappa shape index (κ3) is 3.73. The Kier molecular flexibility index (Phi) is 5.72. The van der Waals surface area contributed by atoms with E-state index < -0.39 is 5.91 Å². The van der Waals surface area contributed by atoms with E-state index in [-0.39, 0.29) is 23.2 Å². The molecule has 0 bridgehead atoms. The minimum atomic E-state index is -0.571. The van der Waals surface area contributed by atoms with Gasteiger partial charge in [-0.15, -0.1) is 10.2 Å². The molecule has 0 unspecified atom stereocenters. The average molecular weight is 397 g/mol. The SMILES string of the molecule is COc1ccc2c(c1)c(N=NC(=O)c1ccc(OC)c(OC)c1)c(O)n2C(C)C. The van der Waals surface area contributed by atoms with Crippen LogP contribution in [-0.4, -0.2) is 36.9 Å². The second kappa shape index (κ2) is 8.22. The maximum Gasteiger partial charge on any atom is 0.295 e. The van der Waals surface area contributed by atoms with Gasteiger partial charge in [-0.2, -0.15) is 0 Å². The van der Waals surface area contributed by atoms with E-state index in [9.17, 15) is 9.90 Å². The van der Waals surface area contributed by atoms with Crippen molar-refractivity contribution < 1.29 is 24.1 Å². The Morgan fingerprint density at radius 1 is 1.00 bits per heavy atom. The van der Waals surface area contributed by atoms with E-state index in [1.54, 1.807) is 35.9 Å². The Morgan fingerprint density at radius 3 is 2.34 bits per heavy atom. The molecular formula is C21H23N3O5. The summed E-state index contributed by atoms with van der Waals surface area (Å²) in [6, 6.07) is 10.1. The van der Waals surface area contributed by atoms with Crippen LogP contribution in [0.2, 0.25) is 0 Å². The molecule has 1 amide bonds. The van der Waals surface area contributed by atoms with Crippen LogP contribution in [-0.2, 0) is 0 Å². The van der Waals surface area contributed by atoms with Gasteiger partial charge in [0.05, 0.1) is 26.8 Å². The van der Waals surface area contributed by atoms with Crippen molar-refractivity contribution in [3.05, 3.63) is 42.0 Å². The first kappa shape index (κ1) is 20.2. The second-order valence-corrected chi connectivity index (χ2v) is 6.59. The zero-order valence-electron chi connectivity index (χ0n) is 17.0. The van der Waals surface area contributed by atoms with Crippen LogP contribution in [0.4, 0.5) is 5.69 Å². The van der Waals surface area contributed by atoms with Gasteiger partial charge in [-0.05, 0) is 50.2 Å². The third-order valence-corrected chi connectivity index (χ3v) is 4.55. The van der Waals surface area contributed by atoms with Crippen LogP contribution in [0.1, 0.15) is 30.2 Å². The fraction of sp³-hybridized carbons (Fsp3) is 0.286. The summed E-state index contributed by atoms with van der Waals surface area (Å²) >= 11 is 0. The number of rotatable bonds is 6. The summed E-state index contributed by atoms with van der Waals surface area (Å²) in [5.74, 6) is 0.898. The number of amides is 1. The smallest absolute Gasteiger partial charge is 0.295 e. The highest BCUT2D eigenvalue weighted by Gasteiger charge is 2.20. The Morgan fingerprint density at radius 2 is 1.72 bits per heavy atom. The molecule has 0 aliphatic heterocycles. The second-order valence-electron chi connectivity index (χ2n) is 6.59. The summed E-state index contributed by atoms with van der Waals surface area (Å²) < 4.78 is 17.4. The summed E-state index contributed by atoms with van der Waals surface area (Å²) in [5, 5.41) is 19.2. The number of aromatic nitrogens is 1. The Bertz CT molecular complexity index is 1090. The molecule has 3 rings (SSSR count). The molecule has 3 aromatic rings. The van der Waals surface area contributed by atoms with E-state index in [2.05, 4.69) is 10.2 Å². The Labute approximate surface area is 168 Å². The molecule has 0 radical (unpaired) electrons. The van der Waals surface area contributed by atoms with Crippen molar-refractivity contribution in [3.8, 4) is 23.1 Å². The predicted octanol–water partition coefficient (Wildman–Crippen LogP) is 4.88. The van der Waals surface area contributed by atoms with E-state index in [0.717, 1.165) is 5.52 Å². The number of azo groups is 1. The van der Waals surface area contributed by atoms with Crippen LogP contribution in [0.5, 0.6) is 23.1 Å². The highest BCUT2D eigenvalue weighted by atomic mass is 16.5. The van der Waals surface area contributed by atoms with Gasteiger partial charge < -0.3 is 23.9 Å². The van der Waals surface area contributed by atoms with Gasteiger partial charge in [0.25, 0.3) is 5.91 Å². The third-order valence-electron chi connectivity index (χ3n) is 4.55. The first-order valence-corrected chi connectivity index (χ1v) is 9.00. The molecule has 0 aliphatic rings. The van der Waals surface area contributed by atoms with Crippen molar-refractivity contribution >= 4 is 22.5 Å².